The zero-order valence-electron chi connectivity index (χ0n) is 15.3. The fourth-order valence-corrected chi connectivity index (χ4v) is 3.10. The Hall–Kier alpha value is -2.34. The number of benzene rings is 1. The molecule has 2 rings (SSSR count). The largest absolute Gasteiger partial charge is 0.357 e. The molecular formula is C19H26N4OS. The molecule has 0 radical (unpaired) electrons. The summed E-state index contributed by atoms with van der Waals surface area (Å²) in [6, 6.07) is 11.9. The Morgan fingerprint density at radius 3 is 2.40 bits per heavy atom. The second kappa shape index (κ2) is 9.22. The van der Waals surface area contributed by atoms with Crippen LogP contribution in [0.25, 0.3) is 0 Å². The first-order chi connectivity index (χ1) is 12.0. The van der Waals surface area contributed by atoms with Gasteiger partial charge in [-0.05, 0) is 43.7 Å². The number of guanidine groups is 1. The van der Waals surface area contributed by atoms with Gasteiger partial charge in [0.05, 0.1) is 13.1 Å². The van der Waals surface area contributed by atoms with Crippen molar-refractivity contribution in [3.05, 3.63) is 57.3 Å². The molecule has 5 nitrogen and oxygen atoms in total. The highest BCUT2D eigenvalue weighted by Gasteiger charge is 2.07. The molecule has 0 aliphatic heterocycles. The molecular weight excluding hydrogens is 332 g/mol. The van der Waals surface area contributed by atoms with Gasteiger partial charge in [0.15, 0.2) is 5.96 Å². The van der Waals surface area contributed by atoms with Gasteiger partial charge in [-0.15, -0.1) is 11.3 Å². The maximum absolute atomic E-state index is 11.9. The van der Waals surface area contributed by atoms with Gasteiger partial charge in [-0.3, -0.25) is 4.79 Å². The first kappa shape index (κ1) is 19.0. The quantitative estimate of drug-likeness (QED) is 0.616. The second-order valence-electron chi connectivity index (χ2n) is 5.96. The summed E-state index contributed by atoms with van der Waals surface area (Å²) >= 11 is 1.79. The lowest BCUT2D eigenvalue weighted by molar-refractivity contribution is 0.0827. The molecule has 1 heterocycles. The maximum atomic E-state index is 11.9. The number of aryl methyl sites for hydroxylation is 1. The summed E-state index contributed by atoms with van der Waals surface area (Å²) in [6.45, 7) is 6.30. The SMILES string of the molecule is CCNC(=NCc1ccc(C(=O)N(C)C)cc1)NCc1ccc(C)s1. The van der Waals surface area contributed by atoms with E-state index < -0.39 is 0 Å². The van der Waals surface area contributed by atoms with Crippen LogP contribution in [0.15, 0.2) is 41.4 Å². The number of hydrogen-bond donors (Lipinski definition) is 2. The summed E-state index contributed by atoms with van der Waals surface area (Å²) in [7, 11) is 3.51. The lowest BCUT2D eigenvalue weighted by Gasteiger charge is -2.11. The van der Waals surface area contributed by atoms with Gasteiger partial charge in [-0.1, -0.05) is 12.1 Å². The van der Waals surface area contributed by atoms with Crippen LogP contribution in [0.4, 0.5) is 0 Å². The van der Waals surface area contributed by atoms with Crippen LogP contribution in [0, 0.1) is 6.92 Å². The molecule has 134 valence electrons. The molecule has 0 atom stereocenters. The highest BCUT2D eigenvalue weighted by Crippen LogP contribution is 2.14. The molecule has 6 heteroatoms. The van der Waals surface area contributed by atoms with Gasteiger partial charge in [0.2, 0.25) is 0 Å². The predicted molar refractivity (Wildman–Crippen MR) is 105 cm³/mol. The van der Waals surface area contributed by atoms with E-state index in [0.717, 1.165) is 24.6 Å². The van der Waals surface area contributed by atoms with Crippen LogP contribution in [-0.2, 0) is 13.1 Å². The Bertz CT molecular complexity index is 719. The van der Waals surface area contributed by atoms with Crippen molar-refractivity contribution in [3.8, 4) is 0 Å². The van der Waals surface area contributed by atoms with Crippen LogP contribution in [0.2, 0.25) is 0 Å². The number of thiophene rings is 1. The Morgan fingerprint density at radius 2 is 1.84 bits per heavy atom. The van der Waals surface area contributed by atoms with E-state index in [0.29, 0.717) is 12.1 Å². The normalized spacial score (nSPS) is 11.3. The number of nitrogens with one attached hydrogen (secondary N) is 2. The molecule has 0 aliphatic carbocycles. The lowest BCUT2D eigenvalue weighted by Crippen LogP contribution is -2.36. The van der Waals surface area contributed by atoms with Gasteiger partial charge in [-0.2, -0.15) is 0 Å². The molecule has 2 aromatic rings. The summed E-state index contributed by atoms with van der Waals surface area (Å²) in [5.41, 5.74) is 1.76. The number of hydrogen-bond acceptors (Lipinski definition) is 3. The first-order valence-electron chi connectivity index (χ1n) is 8.37. The predicted octanol–water partition coefficient (Wildman–Crippen LogP) is 3.01. The Kier molecular flexibility index (Phi) is 7.01. The van der Waals surface area contributed by atoms with Gasteiger partial charge in [0.25, 0.3) is 5.91 Å². The molecule has 2 N–H and O–H groups in total. The van der Waals surface area contributed by atoms with E-state index in [1.165, 1.54) is 9.75 Å². The molecule has 0 fully saturated rings. The van der Waals surface area contributed by atoms with Gasteiger partial charge in [-0.25, -0.2) is 4.99 Å². The minimum Gasteiger partial charge on any atom is -0.357 e. The van der Waals surface area contributed by atoms with Crippen LogP contribution in [-0.4, -0.2) is 37.4 Å². The van der Waals surface area contributed by atoms with E-state index >= 15 is 0 Å². The van der Waals surface area contributed by atoms with E-state index in [9.17, 15) is 4.79 Å². The van der Waals surface area contributed by atoms with Gasteiger partial charge in [0.1, 0.15) is 0 Å². The smallest absolute Gasteiger partial charge is 0.253 e. The molecule has 0 saturated carbocycles. The van der Waals surface area contributed by atoms with E-state index in [4.69, 9.17) is 0 Å². The molecule has 1 aromatic carbocycles. The molecule has 0 spiro atoms. The Balaban J connectivity index is 1.96. The average Bonchev–Trinajstić information content (AvgIpc) is 3.02. The molecule has 0 saturated heterocycles. The third-order valence-electron chi connectivity index (χ3n) is 3.60. The van der Waals surface area contributed by atoms with Crippen molar-refractivity contribution >= 4 is 23.2 Å². The van der Waals surface area contributed by atoms with Crippen LogP contribution < -0.4 is 10.6 Å². The zero-order valence-corrected chi connectivity index (χ0v) is 16.1. The summed E-state index contributed by atoms with van der Waals surface area (Å²) < 4.78 is 0. The molecule has 0 unspecified atom stereocenters. The third-order valence-corrected chi connectivity index (χ3v) is 4.60. The molecule has 0 aliphatic rings. The van der Waals surface area contributed by atoms with Crippen molar-refractivity contribution < 1.29 is 4.79 Å². The maximum Gasteiger partial charge on any atom is 0.253 e. The van der Waals surface area contributed by atoms with Crippen LogP contribution in [0.1, 0.15) is 32.6 Å². The van der Waals surface area contributed by atoms with E-state index in [1.54, 1.807) is 30.3 Å². The van der Waals surface area contributed by atoms with Crippen LogP contribution >= 0.6 is 11.3 Å². The topological polar surface area (TPSA) is 56.7 Å². The first-order valence-corrected chi connectivity index (χ1v) is 9.19. The van der Waals surface area contributed by atoms with Crippen LogP contribution in [0.5, 0.6) is 0 Å². The molecule has 0 bridgehead atoms. The summed E-state index contributed by atoms with van der Waals surface area (Å²) in [5.74, 6) is 0.804. The minimum absolute atomic E-state index is 0.0105. The molecule has 1 aromatic heterocycles. The highest BCUT2D eigenvalue weighted by molar-refractivity contribution is 7.11. The summed E-state index contributed by atoms with van der Waals surface area (Å²) in [5, 5.41) is 6.61. The van der Waals surface area contributed by atoms with Gasteiger partial charge in [0, 0.05) is 36.0 Å². The van der Waals surface area contributed by atoms with Crippen molar-refractivity contribution in [1.82, 2.24) is 15.5 Å². The summed E-state index contributed by atoms with van der Waals surface area (Å²) in [4.78, 5) is 20.7. The number of amides is 1. The lowest BCUT2D eigenvalue weighted by atomic mass is 10.1. The van der Waals surface area contributed by atoms with Crippen molar-refractivity contribution in [3.63, 3.8) is 0 Å². The average molecular weight is 359 g/mol. The van der Waals surface area contributed by atoms with Crippen LogP contribution in [0.3, 0.4) is 0 Å². The number of carbonyl (C=O) groups is 1. The minimum atomic E-state index is 0.0105. The monoisotopic (exact) mass is 358 g/mol. The highest BCUT2D eigenvalue weighted by atomic mass is 32.1. The van der Waals surface area contributed by atoms with Gasteiger partial charge < -0.3 is 15.5 Å². The van der Waals surface area contributed by atoms with Gasteiger partial charge >= 0.3 is 0 Å². The van der Waals surface area contributed by atoms with Crippen molar-refractivity contribution in [2.75, 3.05) is 20.6 Å². The molecule has 25 heavy (non-hydrogen) atoms. The Morgan fingerprint density at radius 1 is 1.12 bits per heavy atom. The second-order valence-corrected chi connectivity index (χ2v) is 7.33. The number of aliphatic imine (C=N–C) groups is 1. The fraction of sp³-hybridized carbons (Fsp3) is 0.368. The summed E-state index contributed by atoms with van der Waals surface area (Å²) in [6.07, 6.45) is 0. The van der Waals surface area contributed by atoms with Crippen molar-refractivity contribution in [2.45, 2.75) is 26.9 Å². The van der Waals surface area contributed by atoms with E-state index in [2.05, 4.69) is 34.7 Å². The number of rotatable bonds is 6. The third kappa shape index (κ3) is 5.90. The van der Waals surface area contributed by atoms with Crippen molar-refractivity contribution in [2.24, 2.45) is 4.99 Å². The standard InChI is InChI=1S/C19H26N4OS/c1-5-20-19(22-13-17-11-6-14(2)25-17)21-12-15-7-9-16(10-8-15)18(24)23(3)4/h6-11H,5,12-13H2,1-4H3,(H2,20,21,22). The number of carbonyl (C=O) groups excluding carboxylic acids is 1. The Labute approximate surface area is 153 Å². The van der Waals surface area contributed by atoms with E-state index in [1.807, 2.05) is 31.2 Å². The van der Waals surface area contributed by atoms with Crippen molar-refractivity contribution in [1.29, 1.82) is 0 Å². The van der Waals surface area contributed by atoms with E-state index in [-0.39, 0.29) is 5.91 Å². The fourth-order valence-electron chi connectivity index (χ4n) is 2.27. The number of nitrogens with zero attached hydrogens (tertiary/aromatic N) is 2. The molecule has 1 amide bonds. The zero-order chi connectivity index (χ0) is 18.2.